The Morgan fingerprint density at radius 2 is 1.79 bits per heavy atom. The van der Waals surface area contributed by atoms with E-state index in [0.717, 1.165) is 53.3 Å². The van der Waals surface area contributed by atoms with Gasteiger partial charge in [0.25, 0.3) is 0 Å². The molecule has 0 aliphatic heterocycles. The van der Waals surface area contributed by atoms with Crippen molar-refractivity contribution in [2.45, 2.75) is 66.7 Å². The Bertz CT molecular complexity index is 630. The van der Waals surface area contributed by atoms with Gasteiger partial charge in [0, 0.05) is 0 Å². The molecule has 0 aromatic carbocycles. The predicted octanol–water partition coefficient (Wildman–Crippen LogP) is 6.18. The van der Waals surface area contributed by atoms with Crippen LogP contribution in [0.3, 0.4) is 0 Å². The maximum absolute atomic E-state index is 2.78. The van der Waals surface area contributed by atoms with E-state index in [4.69, 9.17) is 0 Å². The first kappa shape index (κ1) is 14.9. The van der Waals surface area contributed by atoms with Gasteiger partial charge in [0.15, 0.2) is 0 Å². The zero-order chi connectivity index (χ0) is 16.6. The molecule has 0 spiro atoms. The molecule has 0 N–H and O–H groups in total. The maximum Gasteiger partial charge on any atom is -0.00787 e. The number of rotatable bonds is 2. The second-order valence-corrected chi connectivity index (χ2v) is 12.0. The summed E-state index contributed by atoms with van der Waals surface area (Å²) in [4.78, 5) is 0. The van der Waals surface area contributed by atoms with Gasteiger partial charge in [-0.3, -0.25) is 0 Å². The van der Waals surface area contributed by atoms with Gasteiger partial charge < -0.3 is 0 Å². The first-order valence-corrected chi connectivity index (χ1v) is 11.0. The fraction of sp³-hybridized carbons (Fsp3) is 0.917. The van der Waals surface area contributed by atoms with E-state index in [9.17, 15) is 0 Å². The van der Waals surface area contributed by atoms with Gasteiger partial charge in [-0.2, -0.15) is 0 Å². The molecule has 0 amide bonds. The summed E-state index contributed by atoms with van der Waals surface area (Å²) in [5, 5.41) is 0. The molecule has 0 radical (unpaired) electrons. The predicted molar refractivity (Wildman–Crippen MR) is 99.3 cm³/mol. The van der Waals surface area contributed by atoms with Gasteiger partial charge in [-0.15, -0.1) is 0 Å². The van der Waals surface area contributed by atoms with Crippen molar-refractivity contribution in [3.8, 4) is 0 Å². The number of fused-ring (bicyclic) bond motifs is 16. The van der Waals surface area contributed by atoms with Crippen LogP contribution in [-0.4, -0.2) is 0 Å². The summed E-state index contributed by atoms with van der Waals surface area (Å²) in [6.45, 7) is 13.1. The van der Waals surface area contributed by atoms with Crippen LogP contribution in [0.2, 0.25) is 0 Å². The van der Waals surface area contributed by atoms with E-state index in [1.807, 2.05) is 0 Å². The molecule has 11 unspecified atom stereocenters. The molecule has 0 nitrogen and oxygen atoms in total. The lowest BCUT2D eigenvalue weighted by atomic mass is 9.44. The summed E-state index contributed by atoms with van der Waals surface area (Å²) < 4.78 is 0. The molecule has 0 saturated heterocycles. The second kappa shape index (κ2) is 4.01. The molecule has 6 aliphatic rings. The zero-order valence-corrected chi connectivity index (χ0v) is 16.4. The molecule has 6 rings (SSSR count). The highest BCUT2D eigenvalue weighted by molar-refractivity contribution is 5.36. The highest BCUT2D eigenvalue weighted by atomic mass is 14.9. The smallest absolute Gasteiger partial charge is 0.00787 e. The van der Waals surface area contributed by atoms with E-state index < -0.39 is 0 Å². The van der Waals surface area contributed by atoms with Gasteiger partial charge >= 0.3 is 0 Å². The normalized spacial score (nSPS) is 67.6. The van der Waals surface area contributed by atoms with Crippen molar-refractivity contribution in [2.24, 2.45) is 69.5 Å². The maximum atomic E-state index is 2.78. The van der Waals surface area contributed by atoms with E-state index in [2.05, 4.69) is 46.8 Å². The van der Waals surface area contributed by atoms with Crippen molar-refractivity contribution in [3.63, 3.8) is 0 Å². The van der Waals surface area contributed by atoms with Crippen molar-refractivity contribution >= 4 is 0 Å². The first-order chi connectivity index (χ1) is 11.3. The lowest BCUT2D eigenvalue weighted by Gasteiger charge is -2.60. The van der Waals surface area contributed by atoms with Crippen LogP contribution in [-0.2, 0) is 0 Å². The number of hydrogen-bond donors (Lipinski definition) is 0. The highest BCUT2D eigenvalue weighted by Gasteiger charge is 2.81. The Labute approximate surface area is 148 Å². The molecule has 24 heavy (non-hydrogen) atoms. The number of hydrogen-bond acceptors (Lipinski definition) is 0. The summed E-state index contributed by atoms with van der Waals surface area (Å²) >= 11 is 0. The molecular weight excluding hydrogens is 288 g/mol. The molecule has 5 fully saturated rings. The highest BCUT2D eigenvalue weighted by Crippen LogP contribution is 2.87. The van der Waals surface area contributed by atoms with Gasteiger partial charge in [-0.05, 0) is 102 Å². The molecule has 11 atom stereocenters. The Balaban J connectivity index is 1.44. The van der Waals surface area contributed by atoms with Gasteiger partial charge in [0.2, 0.25) is 0 Å². The van der Waals surface area contributed by atoms with Crippen LogP contribution in [0.15, 0.2) is 12.2 Å². The fourth-order valence-electron chi connectivity index (χ4n) is 10.8. The largest absolute Gasteiger partial charge is 0.0845 e. The van der Waals surface area contributed by atoms with Gasteiger partial charge in [-0.25, -0.2) is 0 Å². The van der Waals surface area contributed by atoms with Crippen LogP contribution in [0.4, 0.5) is 0 Å². The van der Waals surface area contributed by atoms with Crippen molar-refractivity contribution in [2.75, 3.05) is 0 Å². The molecule has 6 aliphatic carbocycles. The Morgan fingerprint density at radius 3 is 2.54 bits per heavy atom. The minimum atomic E-state index is 0.506. The minimum Gasteiger partial charge on any atom is -0.0845 e. The van der Waals surface area contributed by atoms with Crippen LogP contribution in [0.5, 0.6) is 0 Å². The summed E-state index contributed by atoms with van der Waals surface area (Å²) in [7, 11) is 0. The van der Waals surface area contributed by atoms with E-state index in [0.29, 0.717) is 16.2 Å². The summed E-state index contributed by atoms with van der Waals surface area (Å²) in [6.07, 6.45) is 13.1. The standard InChI is InChI=1S/C24H36/c1-13(2)8-15-9-16-10-17(15)21-19(16)18-12-23(21,4)24(5)20(18)14-6-7-22(24,3)11-14/h6-7,13-21H,8-12H2,1-5H3. The third-order valence-corrected chi connectivity index (χ3v) is 11.2. The summed E-state index contributed by atoms with van der Waals surface area (Å²) in [5.74, 6) is 9.39. The van der Waals surface area contributed by atoms with Crippen molar-refractivity contribution in [1.82, 2.24) is 0 Å². The molecule has 0 aromatic rings. The van der Waals surface area contributed by atoms with Crippen LogP contribution in [0.25, 0.3) is 0 Å². The van der Waals surface area contributed by atoms with Crippen molar-refractivity contribution in [3.05, 3.63) is 12.2 Å². The first-order valence-electron chi connectivity index (χ1n) is 11.0. The summed E-state index contributed by atoms with van der Waals surface area (Å²) in [5.41, 5.74) is 1.74. The Kier molecular flexibility index (Phi) is 2.49. The molecule has 0 heteroatoms. The lowest BCUT2D eigenvalue weighted by Crippen LogP contribution is -2.55. The Hall–Kier alpha value is -0.260. The molecule has 0 aromatic heterocycles. The molecule has 5 saturated carbocycles. The van der Waals surface area contributed by atoms with E-state index >= 15 is 0 Å². The zero-order valence-electron chi connectivity index (χ0n) is 16.4. The van der Waals surface area contributed by atoms with Gasteiger partial charge in [0.05, 0.1) is 0 Å². The quantitative estimate of drug-likeness (QED) is 0.420. The lowest BCUT2D eigenvalue weighted by molar-refractivity contribution is -0.111. The third kappa shape index (κ3) is 1.27. The molecular formula is C24H36. The average Bonchev–Trinajstić information content (AvgIpc) is 3.25. The molecule has 6 bridgehead atoms. The fourth-order valence-corrected chi connectivity index (χ4v) is 10.8. The van der Waals surface area contributed by atoms with E-state index in [1.54, 1.807) is 19.3 Å². The van der Waals surface area contributed by atoms with Crippen LogP contribution in [0.1, 0.15) is 66.7 Å². The van der Waals surface area contributed by atoms with E-state index in [-0.39, 0.29) is 0 Å². The average molecular weight is 325 g/mol. The summed E-state index contributed by atoms with van der Waals surface area (Å²) in [6, 6.07) is 0. The van der Waals surface area contributed by atoms with Crippen molar-refractivity contribution < 1.29 is 0 Å². The van der Waals surface area contributed by atoms with Crippen LogP contribution < -0.4 is 0 Å². The third-order valence-electron chi connectivity index (χ3n) is 11.2. The van der Waals surface area contributed by atoms with Gasteiger partial charge in [0.1, 0.15) is 0 Å². The SMILES string of the molecule is CC(C)CC1CC2CC1C1C2C2CC1(C)C1(C)C2C2C=CC1(C)C2. The van der Waals surface area contributed by atoms with E-state index in [1.165, 1.54) is 12.8 Å². The van der Waals surface area contributed by atoms with Crippen molar-refractivity contribution in [1.29, 1.82) is 0 Å². The minimum absolute atomic E-state index is 0.506. The Morgan fingerprint density at radius 1 is 1.00 bits per heavy atom. The topological polar surface area (TPSA) is 0 Å². The van der Waals surface area contributed by atoms with Gasteiger partial charge in [-0.1, -0.05) is 46.8 Å². The van der Waals surface area contributed by atoms with Crippen LogP contribution >= 0.6 is 0 Å². The van der Waals surface area contributed by atoms with Crippen LogP contribution in [0, 0.1) is 69.5 Å². The monoisotopic (exact) mass is 324 g/mol. The molecule has 0 heterocycles. The number of allylic oxidation sites excluding steroid dienone is 2. The molecule has 132 valence electrons. The second-order valence-electron chi connectivity index (χ2n) is 12.0.